The molecular formula is C14H23N5O. The van der Waals surface area contributed by atoms with Crippen LogP contribution >= 0.6 is 0 Å². The molecular weight excluding hydrogens is 254 g/mol. The van der Waals surface area contributed by atoms with Crippen LogP contribution in [0.1, 0.15) is 38.1 Å². The Hall–Kier alpha value is -1.43. The minimum Gasteiger partial charge on any atom is -0.342 e. The Labute approximate surface area is 119 Å². The van der Waals surface area contributed by atoms with E-state index >= 15 is 0 Å². The van der Waals surface area contributed by atoms with Gasteiger partial charge in [0.25, 0.3) is 0 Å². The predicted molar refractivity (Wildman–Crippen MR) is 74.8 cm³/mol. The Balaban J connectivity index is 1.56. The highest BCUT2D eigenvalue weighted by Crippen LogP contribution is 2.33. The topological polar surface area (TPSA) is 77.0 Å². The van der Waals surface area contributed by atoms with E-state index in [-0.39, 0.29) is 5.92 Å². The molecule has 3 rings (SSSR count). The van der Waals surface area contributed by atoms with Crippen LogP contribution in [0.2, 0.25) is 0 Å². The molecule has 1 amide bonds. The number of aromatic nitrogens is 3. The molecule has 0 bridgehead atoms. The molecule has 1 aliphatic heterocycles. The lowest BCUT2D eigenvalue weighted by atomic mass is 9.93. The number of piperidine rings is 1. The van der Waals surface area contributed by atoms with E-state index in [1.54, 1.807) is 12.7 Å². The number of nitrogens with zero attached hydrogens (tertiary/aromatic N) is 4. The zero-order valence-electron chi connectivity index (χ0n) is 11.8. The molecule has 0 aromatic carbocycles. The second-order valence-corrected chi connectivity index (χ2v) is 5.97. The van der Waals surface area contributed by atoms with E-state index < -0.39 is 0 Å². The largest absolute Gasteiger partial charge is 0.342 e. The summed E-state index contributed by atoms with van der Waals surface area (Å²) in [7, 11) is 0. The van der Waals surface area contributed by atoms with Crippen LogP contribution in [0.3, 0.4) is 0 Å². The molecule has 6 heteroatoms. The van der Waals surface area contributed by atoms with E-state index in [1.165, 1.54) is 0 Å². The number of amides is 1. The first kappa shape index (κ1) is 13.5. The number of hydrogen-bond acceptors (Lipinski definition) is 4. The molecule has 1 saturated heterocycles. The summed E-state index contributed by atoms with van der Waals surface area (Å²) < 4.78 is 1.92. The highest BCUT2D eigenvalue weighted by molar-refractivity contribution is 5.79. The SMILES string of the molecule is NC[C@H]1CCC[C@H]1C(=O)N1CCC(n2cncn2)CC1. The van der Waals surface area contributed by atoms with Crippen LogP contribution < -0.4 is 5.73 Å². The van der Waals surface area contributed by atoms with Crippen molar-refractivity contribution in [2.45, 2.75) is 38.1 Å². The van der Waals surface area contributed by atoms with Gasteiger partial charge in [-0.2, -0.15) is 5.10 Å². The molecule has 110 valence electrons. The second kappa shape index (κ2) is 5.91. The van der Waals surface area contributed by atoms with Gasteiger partial charge in [-0.3, -0.25) is 4.79 Å². The Morgan fingerprint density at radius 3 is 2.70 bits per heavy atom. The molecule has 2 heterocycles. The molecule has 20 heavy (non-hydrogen) atoms. The fourth-order valence-electron chi connectivity index (χ4n) is 3.64. The summed E-state index contributed by atoms with van der Waals surface area (Å²) in [5.41, 5.74) is 5.79. The van der Waals surface area contributed by atoms with Gasteiger partial charge in [-0.15, -0.1) is 0 Å². The van der Waals surface area contributed by atoms with Crippen LogP contribution in [0.5, 0.6) is 0 Å². The summed E-state index contributed by atoms with van der Waals surface area (Å²) in [6.07, 6.45) is 8.55. The number of rotatable bonds is 3. The highest BCUT2D eigenvalue weighted by Gasteiger charge is 2.36. The van der Waals surface area contributed by atoms with Gasteiger partial charge in [0.2, 0.25) is 5.91 Å². The van der Waals surface area contributed by atoms with E-state index in [1.807, 2.05) is 9.58 Å². The van der Waals surface area contributed by atoms with Crippen LogP contribution in [-0.2, 0) is 4.79 Å². The first-order valence-electron chi connectivity index (χ1n) is 7.62. The number of likely N-dealkylation sites (tertiary alicyclic amines) is 1. The van der Waals surface area contributed by atoms with Crippen molar-refractivity contribution in [1.82, 2.24) is 19.7 Å². The fourth-order valence-corrected chi connectivity index (χ4v) is 3.64. The van der Waals surface area contributed by atoms with Crippen molar-refractivity contribution in [3.05, 3.63) is 12.7 Å². The maximum absolute atomic E-state index is 12.6. The Morgan fingerprint density at radius 2 is 2.05 bits per heavy atom. The second-order valence-electron chi connectivity index (χ2n) is 5.97. The first-order valence-corrected chi connectivity index (χ1v) is 7.62. The smallest absolute Gasteiger partial charge is 0.226 e. The monoisotopic (exact) mass is 277 g/mol. The van der Waals surface area contributed by atoms with Crippen molar-refractivity contribution in [3.8, 4) is 0 Å². The average Bonchev–Trinajstić information content (AvgIpc) is 3.17. The minimum absolute atomic E-state index is 0.169. The van der Waals surface area contributed by atoms with Gasteiger partial charge in [-0.05, 0) is 38.1 Å². The maximum Gasteiger partial charge on any atom is 0.226 e. The summed E-state index contributed by atoms with van der Waals surface area (Å²) in [4.78, 5) is 18.6. The van der Waals surface area contributed by atoms with Gasteiger partial charge < -0.3 is 10.6 Å². The summed E-state index contributed by atoms with van der Waals surface area (Å²) in [5.74, 6) is 0.897. The molecule has 0 unspecified atom stereocenters. The third-order valence-corrected chi connectivity index (χ3v) is 4.87. The number of nitrogens with two attached hydrogens (primary N) is 1. The molecule has 2 fully saturated rings. The fraction of sp³-hybridized carbons (Fsp3) is 0.786. The lowest BCUT2D eigenvalue weighted by molar-refractivity contribution is -0.138. The van der Waals surface area contributed by atoms with Crippen LogP contribution in [0, 0.1) is 11.8 Å². The van der Waals surface area contributed by atoms with Gasteiger partial charge in [0.05, 0.1) is 6.04 Å². The molecule has 2 atom stereocenters. The molecule has 2 N–H and O–H groups in total. The van der Waals surface area contributed by atoms with Gasteiger partial charge in [0.1, 0.15) is 12.7 Å². The lowest BCUT2D eigenvalue weighted by Crippen LogP contribution is -2.43. The zero-order chi connectivity index (χ0) is 13.9. The van der Waals surface area contributed by atoms with E-state index in [9.17, 15) is 4.79 Å². The minimum atomic E-state index is 0.169. The van der Waals surface area contributed by atoms with Crippen molar-refractivity contribution in [2.75, 3.05) is 19.6 Å². The normalized spacial score (nSPS) is 27.9. The van der Waals surface area contributed by atoms with Crippen LogP contribution in [0.25, 0.3) is 0 Å². The lowest BCUT2D eigenvalue weighted by Gasteiger charge is -2.34. The standard InChI is InChI=1S/C14H23N5O/c15-8-11-2-1-3-13(11)14(20)18-6-4-12(5-7-18)19-10-16-9-17-19/h9-13H,1-8,15H2/t11-,13-/m1/s1. The average molecular weight is 277 g/mol. The van der Waals surface area contributed by atoms with E-state index in [0.717, 1.165) is 45.2 Å². The zero-order valence-corrected chi connectivity index (χ0v) is 11.8. The molecule has 1 aromatic heterocycles. The van der Waals surface area contributed by atoms with Gasteiger partial charge in [-0.1, -0.05) is 6.42 Å². The summed E-state index contributed by atoms with van der Waals surface area (Å²) >= 11 is 0. The van der Waals surface area contributed by atoms with E-state index in [4.69, 9.17) is 5.73 Å². The van der Waals surface area contributed by atoms with Crippen molar-refractivity contribution in [1.29, 1.82) is 0 Å². The van der Waals surface area contributed by atoms with Crippen LogP contribution in [-0.4, -0.2) is 45.2 Å². The molecule has 0 radical (unpaired) electrons. The number of carbonyl (C=O) groups excluding carboxylic acids is 1. The third-order valence-electron chi connectivity index (χ3n) is 4.87. The summed E-state index contributed by atoms with van der Waals surface area (Å²) in [6.45, 7) is 2.31. The number of hydrogen-bond donors (Lipinski definition) is 1. The van der Waals surface area contributed by atoms with E-state index in [0.29, 0.717) is 24.4 Å². The van der Waals surface area contributed by atoms with Gasteiger partial charge in [0.15, 0.2) is 0 Å². The van der Waals surface area contributed by atoms with Crippen molar-refractivity contribution >= 4 is 5.91 Å². The first-order chi connectivity index (χ1) is 9.79. The Kier molecular flexibility index (Phi) is 4.00. The molecule has 1 aliphatic carbocycles. The maximum atomic E-state index is 12.6. The van der Waals surface area contributed by atoms with Crippen LogP contribution in [0.4, 0.5) is 0 Å². The van der Waals surface area contributed by atoms with Crippen LogP contribution in [0.15, 0.2) is 12.7 Å². The van der Waals surface area contributed by atoms with Crippen molar-refractivity contribution in [2.24, 2.45) is 17.6 Å². The molecule has 1 saturated carbocycles. The summed E-state index contributed by atoms with van der Waals surface area (Å²) in [6, 6.07) is 0.385. The van der Waals surface area contributed by atoms with Crippen molar-refractivity contribution in [3.63, 3.8) is 0 Å². The predicted octanol–water partition coefficient (Wildman–Crippen LogP) is 0.817. The van der Waals surface area contributed by atoms with E-state index in [2.05, 4.69) is 10.1 Å². The quantitative estimate of drug-likeness (QED) is 0.887. The molecule has 1 aromatic rings. The van der Waals surface area contributed by atoms with Crippen molar-refractivity contribution < 1.29 is 4.79 Å². The Morgan fingerprint density at radius 1 is 1.25 bits per heavy atom. The summed E-state index contributed by atoms with van der Waals surface area (Å²) in [5, 5.41) is 4.20. The molecule has 2 aliphatic rings. The van der Waals surface area contributed by atoms with Gasteiger partial charge >= 0.3 is 0 Å². The molecule has 0 spiro atoms. The molecule has 6 nitrogen and oxygen atoms in total. The van der Waals surface area contributed by atoms with Gasteiger partial charge in [-0.25, -0.2) is 9.67 Å². The highest BCUT2D eigenvalue weighted by atomic mass is 16.2. The third kappa shape index (κ3) is 2.57. The van der Waals surface area contributed by atoms with Gasteiger partial charge in [0, 0.05) is 19.0 Å². The Bertz CT molecular complexity index is 438. The number of carbonyl (C=O) groups is 1.